The highest BCUT2D eigenvalue weighted by Crippen LogP contribution is 2.33. The zero-order valence-electron chi connectivity index (χ0n) is 12.2. The molecule has 2 aromatic rings. The standard InChI is InChI=1S/C12H12ClF3N6O/c1-6-9-17-18-11(12(14,15)16)22(9)4-3-21(6)10(23)8-7(13)5-20(2)19-8/h5-6H,3-4H2,1-2H3. The van der Waals surface area contributed by atoms with E-state index in [1.807, 2.05) is 0 Å². The van der Waals surface area contributed by atoms with Crippen LogP contribution >= 0.6 is 11.6 Å². The molecule has 0 radical (unpaired) electrons. The number of carbonyl (C=O) groups is 1. The fourth-order valence-corrected chi connectivity index (χ4v) is 2.87. The van der Waals surface area contributed by atoms with Crippen molar-refractivity contribution in [3.8, 4) is 0 Å². The van der Waals surface area contributed by atoms with Crippen molar-refractivity contribution in [2.45, 2.75) is 25.7 Å². The molecule has 1 atom stereocenters. The van der Waals surface area contributed by atoms with Crippen molar-refractivity contribution >= 4 is 17.5 Å². The minimum atomic E-state index is -4.58. The number of alkyl halides is 3. The summed E-state index contributed by atoms with van der Waals surface area (Å²) in [5, 5.41) is 11.0. The van der Waals surface area contributed by atoms with E-state index in [0.717, 1.165) is 4.57 Å². The lowest BCUT2D eigenvalue weighted by Crippen LogP contribution is -2.42. The third kappa shape index (κ3) is 2.56. The van der Waals surface area contributed by atoms with Crippen LogP contribution in [0.5, 0.6) is 0 Å². The minimum absolute atomic E-state index is 0.0439. The van der Waals surface area contributed by atoms with Gasteiger partial charge in [-0.3, -0.25) is 9.48 Å². The minimum Gasteiger partial charge on any atom is -0.325 e. The van der Waals surface area contributed by atoms with Crippen molar-refractivity contribution in [2.24, 2.45) is 7.05 Å². The largest absolute Gasteiger partial charge is 0.451 e. The molecule has 2 aromatic heterocycles. The number of aryl methyl sites for hydroxylation is 1. The van der Waals surface area contributed by atoms with Crippen LogP contribution in [0, 0.1) is 0 Å². The van der Waals surface area contributed by atoms with Crippen LogP contribution in [0.1, 0.15) is 35.1 Å². The second kappa shape index (κ2) is 5.22. The maximum atomic E-state index is 12.9. The number of fused-ring (bicyclic) bond motifs is 1. The average molecular weight is 349 g/mol. The summed E-state index contributed by atoms with van der Waals surface area (Å²) in [6, 6.07) is -0.669. The van der Waals surface area contributed by atoms with Crippen LogP contribution in [0.25, 0.3) is 0 Å². The molecule has 1 amide bonds. The highest BCUT2D eigenvalue weighted by atomic mass is 35.5. The van der Waals surface area contributed by atoms with E-state index in [1.165, 1.54) is 15.8 Å². The third-order valence-corrected chi connectivity index (χ3v) is 3.96. The van der Waals surface area contributed by atoms with Gasteiger partial charge in [0.05, 0.1) is 11.1 Å². The molecule has 0 aliphatic carbocycles. The van der Waals surface area contributed by atoms with E-state index in [1.54, 1.807) is 14.0 Å². The van der Waals surface area contributed by atoms with Gasteiger partial charge >= 0.3 is 6.18 Å². The topological polar surface area (TPSA) is 68.8 Å². The Morgan fingerprint density at radius 3 is 2.61 bits per heavy atom. The van der Waals surface area contributed by atoms with Gasteiger partial charge in [-0.1, -0.05) is 11.6 Å². The van der Waals surface area contributed by atoms with Gasteiger partial charge in [0.25, 0.3) is 5.91 Å². The van der Waals surface area contributed by atoms with Crippen LogP contribution < -0.4 is 0 Å². The number of halogens is 4. The Bertz CT molecular complexity index is 767. The van der Waals surface area contributed by atoms with Gasteiger partial charge in [0.15, 0.2) is 11.5 Å². The first-order valence-electron chi connectivity index (χ1n) is 6.70. The number of carbonyl (C=O) groups excluding carboxylic acids is 1. The Morgan fingerprint density at radius 2 is 2.04 bits per heavy atom. The molecular formula is C12H12ClF3N6O. The van der Waals surface area contributed by atoms with Gasteiger partial charge in [0.1, 0.15) is 0 Å². The van der Waals surface area contributed by atoms with Crippen molar-refractivity contribution in [1.82, 2.24) is 29.4 Å². The van der Waals surface area contributed by atoms with Gasteiger partial charge in [-0.15, -0.1) is 10.2 Å². The molecular weight excluding hydrogens is 337 g/mol. The summed E-state index contributed by atoms with van der Waals surface area (Å²) in [5.41, 5.74) is 0.0602. The zero-order chi connectivity index (χ0) is 16.9. The van der Waals surface area contributed by atoms with Gasteiger partial charge in [-0.05, 0) is 6.92 Å². The molecule has 0 aromatic carbocycles. The smallest absolute Gasteiger partial charge is 0.325 e. The molecule has 1 aliphatic rings. The summed E-state index contributed by atoms with van der Waals surface area (Å²) < 4.78 is 41.0. The number of hydrogen-bond donors (Lipinski definition) is 0. The van der Waals surface area contributed by atoms with Crippen LogP contribution in [-0.2, 0) is 19.8 Å². The summed E-state index contributed by atoms with van der Waals surface area (Å²) in [4.78, 5) is 13.9. The lowest BCUT2D eigenvalue weighted by atomic mass is 10.2. The van der Waals surface area contributed by atoms with Crippen LogP contribution in [0.2, 0.25) is 5.02 Å². The SMILES string of the molecule is CC1c2nnc(C(F)(F)F)n2CCN1C(=O)c1nn(C)cc1Cl. The first kappa shape index (κ1) is 15.8. The highest BCUT2D eigenvalue weighted by Gasteiger charge is 2.42. The van der Waals surface area contributed by atoms with Crippen LogP contribution in [0.4, 0.5) is 13.2 Å². The normalized spacial score (nSPS) is 18.2. The van der Waals surface area contributed by atoms with Crippen molar-refractivity contribution < 1.29 is 18.0 Å². The van der Waals surface area contributed by atoms with E-state index in [0.29, 0.717) is 0 Å². The number of amides is 1. The van der Waals surface area contributed by atoms with Crippen molar-refractivity contribution in [2.75, 3.05) is 6.54 Å². The Kier molecular flexibility index (Phi) is 3.58. The summed E-state index contributed by atoms with van der Waals surface area (Å²) in [6.45, 7) is 1.63. The molecule has 7 nitrogen and oxygen atoms in total. The summed E-state index contributed by atoms with van der Waals surface area (Å²) in [6.07, 6.45) is -3.10. The maximum Gasteiger partial charge on any atom is 0.451 e. The van der Waals surface area contributed by atoms with Crippen molar-refractivity contribution in [1.29, 1.82) is 0 Å². The van der Waals surface area contributed by atoms with E-state index in [2.05, 4.69) is 15.3 Å². The fraction of sp³-hybridized carbons (Fsp3) is 0.500. The number of rotatable bonds is 1. The Morgan fingerprint density at radius 1 is 1.35 bits per heavy atom. The predicted molar refractivity (Wildman–Crippen MR) is 72.7 cm³/mol. The molecule has 0 fully saturated rings. The fourth-order valence-electron chi connectivity index (χ4n) is 2.61. The van der Waals surface area contributed by atoms with E-state index >= 15 is 0 Å². The monoisotopic (exact) mass is 348 g/mol. The van der Waals surface area contributed by atoms with Crippen LogP contribution in [0.3, 0.4) is 0 Å². The zero-order valence-corrected chi connectivity index (χ0v) is 12.9. The van der Waals surface area contributed by atoms with E-state index in [9.17, 15) is 18.0 Å². The first-order valence-corrected chi connectivity index (χ1v) is 7.08. The van der Waals surface area contributed by atoms with Gasteiger partial charge in [0.2, 0.25) is 5.82 Å². The van der Waals surface area contributed by atoms with Gasteiger partial charge in [-0.2, -0.15) is 18.3 Å². The Hall–Kier alpha value is -2.10. The van der Waals surface area contributed by atoms with Gasteiger partial charge < -0.3 is 9.47 Å². The molecule has 3 rings (SSSR count). The van der Waals surface area contributed by atoms with Gasteiger partial charge in [-0.25, -0.2) is 0 Å². The summed E-state index contributed by atoms with van der Waals surface area (Å²) in [7, 11) is 1.62. The van der Waals surface area contributed by atoms with Crippen LogP contribution in [-0.4, -0.2) is 41.9 Å². The Labute approximate surface area is 133 Å². The molecule has 0 saturated carbocycles. The molecule has 23 heavy (non-hydrogen) atoms. The molecule has 0 saturated heterocycles. The molecule has 11 heteroatoms. The number of hydrogen-bond acceptors (Lipinski definition) is 4. The lowest BCUT2D eigenvalue weighted by molar-refractivity contribution is -0.148. The second-order valence-electron chi connectivity index (χ2n) is 5.21. The maximum absolute atomic E-state index is 12.9. The molecule has 0 bridgehead atoms. The molecule has 1 aliphatic heterocycles. The number of aromatic nitrogens is 5. The quantitative estimate of drug-likeness (QED) is 0.789. The van der Waals surface area contributed by atoms with E-state index in [4.69, 9.17) is 11.6 Å². The highest BCUT2D eigenvalue weighted by molar-refractivity contribution is 6.33. The summed E-state index contributed by atoms with van der Waals surface area (Å²) in [5.74, 6) is -1.42. The summed E-state index contributed by atoms with van der Waals surface area (Å²) >= 11 is 5.96. The molecule has 3 heterocycles. The molecule has 0 spiro atoms. The van der Waals surface area contributed by atoms with Crippen molar-refractivity contribution in [3.63, 3.8) is 0 Å². The van der Waals surface area contributed by atoms with E-state index < -0.39 is 23.9 Å². The van der Waals surface area contributed by atoms with Crippen LogP contribution in [0.15, 0.2) is 6.20 Å². The molecule has 0 N–H and O–H groups in total. The number of nitrogens with zero attached hydrogens (tertiary/aromatic N) is 6. The van der Waals surface area contributed by atoms with Crippen molar-refractivity contribution in [3.05, 3.63) is 28.6 Å². The second-order valence-corrected chi connectivity index (χ2v) is 5.61. The Balaban J connectivity index is 1.93. The molecule has 1 unspecified atom stereocenters. The third-order valence-electron chi connectivity index (χ3n) is 3.69. The average Bonchev–Trinajstić information content (AvgIpc) is 3.01. The van der Waals surface area contributed by atoms with E-state index in [-0.39, 0.29) is 29.6 Å². The molecule has 124 valence electrons. The predicted octanol–water partition coefficient (Wildman–Crippen LogP) is 1.90. The first-order chi connectivity index (χ1) is 10.7. The lowest BCUT2D eigenvalue weighted by Gasteiger charge is -2.33. The van der Waals surface area contributed by atoms with Gasteiger partial charge in [0, 0.05) is 26.3 Å².